The number of phenols is 1. The van der Waals surface area contributed by atoms with Crippen LogP contribution in [0.3, 0.4) is 0 Å². The molecular weight excluding hydrogens is 656 g/mol. The van der Waals surface area contributed by atoms with Crippen LogP contribution in [0.5, 0.6) is 17.2 Å². The van der Waals surface area contributed by atoms with Gasteiger partial charge < -0.3 is 25.6 Å². The highest BCUT2D eigenvalue weighted by Gasteiger charge is 2.67. The zero-order chi connectivity index (χ0) is 35.8. The average Bonchev–Trinajstić information content (AvgIpc) is 3.33. The number of anilines is 1. The summed E-state index contributed by atoms with van der Waals surface area (Å²) in [6.45, 7) is 0.797. The molecule has 2 aromatic carbocycles. The van der Waals surface area contributed by atoms with E-state index in [1.807, 2.05) is 0 Å². The first-order chi connectivity index (χ1) is 24.6. The number of rotatable bonds is 15. The first-order valence-corrected chi connectivity index (χ1v) is 17.4. The molecule has 0 spiro atoms. The minimum atomic E-state index is -1.03. The van der Waals surface area contributed by atoms with Gasteiger partial charge >= 0.3 is 0 Å². The Morgan fingerprint density at radius 2 is 1.67 bits per heavy atom. The molecule has 1 saturated heterocycles. The quantitative estimate of drug-likeness (QED) is 0.133. The van der Waals surface area contributed by atoms with E-state index in [9.17, 15) is 29.1 Å². The van der Waals surface area contributed by atoms with E-state index in [4.69, 9.17) is 15.2 Å². The number of aromatic nitrogens is 2. The molecule has 5 N–H and O–H groups in total. The van der Waals surface area contributed by atoms with Crippen molar-refractivity contribution in [2.24, 2.45) is 5.41 Å². The molecule has 0 radical (unpaired) electrons. The summed E-state index contributed by atoms with van der Waals surface area (Å²) < 4.78 is 11.9. The van der Waals surface area contributed by atoms with E-state index in [2.05, 4.69) is 20.8 Å². The fourth-order valence-corrected chi connectivity index (χ4v) is 7.98. The van der Waals surface area contributed by atoms with Crippen molar-refractivity contribution >= 4 is 35.4 Å². The summed E-state index contributed by atoms with van der Waals surface area (Å²) >= 11 is 0. The van der Waals surface area contributed by atoms with Crippen molar-refractivity contribution in [3.05, 3.63) is 59.7 Å². The minimum Gasteiger partial charge on any atom is -0.507 e. The molecule has 4 fully saturated rings. The number of amides is 5. The fraction of sp³-hybridized carbons (Fsp3) is 0.432. The zero-order valence-electron chi connectivity index (χ0n) is 28.1. The van der Waals surface area contributed by atoms with Crippen molar-refractivity contribution in [2.45, 2.75) is 82.2 Å². The Morgan fingerprint density at radius 3 is 2.45 bits per heavy atom. The number of para-hydroxylation sites is 1. The molecule has 2 bridgehead atoms. The molecule has 5 amide bonds. The molecule has 1 aromatic heterocycles. The third-order valence-corrected chi connectivity index (χ3v) is 10.4. The van der Waals surface area contributed by atoms with E-state index >= 15 is 0 Å². The van der Waals surface area contributed by atoms with E-state index in [-0.39, 0.29) is 52.4 Å². The molecule has 51 heavy (non-hydrogen) atoms. The number of hydrogen-bond acceptors (Lipinski definition) is 11. The van der Waals surface area contributed by atoms with Gasteiger partial charge in [0.05, 0.1) is 24.3 Å². The predicted molar refractivity (Wildman–Crippen MR) is 183 cm³/mol. The number of unbranched alkanes of at least 4 members (excludes halogenated alkanes) is 3. The lowest BCUT2D eigenvalue weighted by atomic mass is 9.38. The van der Waals surface area contributed by atoms with Crippen molar-refractivity contribution in [1.82, 2.24) is 25.7 Å². The molecule has 2 aliphatic heterocycles. The van der Waals surface area contributed by atoms with Crippen LogP contribution in [0.2, 0.25) is 0 Å². The van der Waals surface area contributed by atoms with Crippen LogP contribution in [-0.2, 0) is 14.4 Å². The topological polar surface area (TPSA) is 203 Å². The van der Waals surface area contributed by atoms with Crippen LogP contribution in [0.1, 0.15) is 91.3 Å². The molecule has 14 nitrogen and oxygen atoms in total. The van der Waals surface area contributed by atoms with Gasteiger partial charge in [-0.1, -0.05) is 31.0 Å². The Kier molecular flexibility index (Phi) is 9.08. The van der Waals surface area contributed by atoms with Gasteiger partial charge in [-0.15, -0.1) is 10.2 Å². The second-order valence-corrected chi connectivity index (χ2v) is 14.1. The largest absolute Gasteiger partial charge is 0.507 e. The van der Waals surface area contributed by atoms with Crippen molar-refractivity contribution in [2.75, 3.05) is 18.9 Å². The Morgan fingerprint density at radius 1 is 0.922 bits per heavy atom. The van der Waals surface area contributed by atoms with E-state index in [0.717, 1.165) is 49.8 Å². The highest BCUT2D eigenvalue weighted by atomic mass is 16.5. The number of nitrogen functional groups attached to an aromatic ring is 1. The molecule has 3 saturated carbocycles. The summed E-state index contributed by atoms with van der Waals surface area (Å²) in [5.41, 5.74) is 7.40. The second kappa shape index (κ2) is 13.6. The smallest absolute Gasteiger partial charge is 0.266 e. The van der Waals surface area contributed by atoms with E-state index in [1.54, 1.807) is 42.5 Å². The molecular formula is C37H40N6O8. The molecule has 1 unspecified atom stereocenters. The standard InChI is InChI=1S/C37H40N6O8/c38-32-28(18-24(41-42-32)22-8-4-5-10-26(22)44)51-17-15-36-19-37(20-36,21-36)40-30(46)12-3-1-2-6-16-50-27-11-7-9-23-31(27)35(49)43(34(23)48)25-13-14-29(45)39-33(25)47/h4-5,7-11,18,25,44H,1-3,6,12-17,19-21H2,(H2,38,42)(H,40,46)(H,39,45,47). The number of carbonyl (C=O) groups excluding carboxylic acids is 5. The SMILES string of the molecule is Nc1nnc(-c2ccccc2O)cc1OCCC12CC(NC(=O)CCCCCCOc3cccc4c3C(=O)N(C3CCC(=O)NC3=O)C4=O)(C1)C2. The lowest BCUT2D eigenvalue weighted by Crippen LogP contribution is -2.74. The number of phenolic OH excluding ortho intramolecular Hbond substituents is 1. The van der Waals surface area contributed by atoms with Crippen LogP contribution in [-0.4, -0.2) is 74.5 Å². The molecule has 5 aliphatic rings. The first-order valence-electron chi connectivity index (χ1n) is 17.4. The first kappa shape index (κ1) is 33.9. The van der Waals surface area contributed by atoms with Gasteiger partial charge in [0.15, 0.2) is 11.6 Å². The zero-order valence-corrected chi connectivity index (χ0v) is 28.1. The molecule has 3 aliphatic carbocycles. The third kappa shape index (κ3) is 6.69. The number of benzene rings is 2. The van der Waals surface area contributed by atoms with Crippen LogP contribution in [0.25, 0.3) is 11.3 Å². The van der Waals surface area contributed by atoms with Gasteiger partial charge in [0, 0.05) is 30.0 Å². The maximum Gasteiger partial charge on any atom is 0.266 e. The fourth-order valence-electron chi connectivity index (χ4n) is 7.98. The van der Waals surface area contributed by atoms with Crippen molar-refractivity contribution in [3.63, 3.8) is 0 Å². The third-order valence-electron chi connectivity index (χ3n) is 10.4. The van der Waals surface area contributed by atoms with Crippen LogP contribution in [0, 0.1) is 5.41 Å². The predicted octanol–water partition coefficient (Wildman–Crippen LogP) is 3.67. The molecule has 266 valence electrons. The van der Waals surface area contributed by atoms with Gasteiger partial charge in [-0.3, -0.25) is 34.2 Å². The number of nitrogens with two attached hydrogens (primary N) is 1. The summed E-state index contributed by atoms with van der Waals surface area (Å²) in [7, 11) is 0. The Labute approximate surface area is 294 Å². The number of hydrogen-bond donors (Lipinski definition) is 4. The lowest BCUT2D eigenvalue weighted by Gasteiger charge is -2.71. The maximum absolute atomic E-state index is 13.2. The summed E-state index contributed by atoms with van der Waals surface area (Å²) in [5.74, 6) is -1.16. The highest BCUT2D eigenvalue weighted by molar-refractivity contribution is 6.24. The number of nitrogens with zero attached hydrogens (tertiary/aromatic N) is 3. The van der Waals surface area contributed by atoms with Crippen LogP contribution >= 0.6 is 0 Å². The van der Waals surface area contributed by atoms with E-state index < -0.39 is 29.7 Å². The normalized spacial score (nSPS) is 23.2. The summed E-state index contributed by atoms with van der Waals surface area (Å²) in [4.78, 5) is 63.7. The van der Waals surface area contributed by atoms with Gasteiger partial charge in [-0.05, 0) is 74.6 Å². The number of imide groups is 2. The summed E-state index contributed by atoms with van der Waals surface area (Å²) in [5, 5.41) is 23.7. The van der Waals surface area contributed by atoms with E-state index in [1.165, 1.54) is 6.07 Å². The summed E-state index contributed by atoms with van der Waals surface area (Å²) in [6, 6.07) is 12.3. The van der Waals surface area contributed by atoms with Crippen molar-refractivity contribution < 1.29 is 38.6 Å². The molecule has 14 heteroatoms. The van der Waals surface area contributed by atoms with Gasteiger partial charge in [0.1, 0.15) is 23.2 Å². The Balaban J connectivity index is 0.782. The number of aromatic hydroxyl groups is 1. The van der Waals surface area contributed by atoms with E-state index in [0.29, 0.717) is 48.8 Å². The number of ether oxygens (including phenoxy) is 2. The monoisotopic (exact) mass is 696 g/mol. The number of piperidine rings is 1. The van der Waals surface area contributed by atoms with Gasteiger partial charge in [-0.2, -0.15) is 0 Å². The van der Waals surface area contributed by atoms with Crippen LogP contribution < -0.4 is 25.8 Å². The van der Waals surface area contributed by atoms with Crippen molar-refractivity contribution in [1.29, 1.82) is 0 Å². The van der Waals surface area contributed by atoms with Gasteiger partial charge in [0.2, 0.25) is 17.7 Å². The highest BCUT2D eigenvalue weighted by Crippen LogP contribution is 2.69. The molecule has 3 heterocycles. The minimum absolute atomic E-state index is 0.0565. The number of nitrogens with one attached hydrogen (secondary N) is 2. The molecule has 3 aromatic rings. The van der Waals surface area contributed by atoms with Crippen LogP contribution in [0.15, 0.2) is 48.5 Å². The lowest BCUT2D eigenvalue weighted by molar-refractivity contribution is -0.171. The number of fused-ring (bicyclic) bond motifs is 1. The number of carbonyl (C=O) groups is 5. The van der Waals surface area contributed by atoms with Crippen molar-refractivity contribution in [3.8, 4) is 28.5 Å². The molecule has 1 atom stereocenters. The summed E-state index contributed by atoms with van der Waals surface area (Å²) in [6.07, 6.45) is 7.37. The van der Waals surface area contributed by atoms with Crippen LogP contribution in [0.4, 0.5) is 5.82 Å². The van der Waals surface area contributed by atoms with Gasteiger partial charge in [0.25, 0.3) is 11.8 Å². The second-order valence-electron chi connectivity index (χ2n) is 14.1. The Hall–Kier alpha value is -5.53. The van der Waals surface area contributed by atoms with Gasteiger partial charge in [-0.25, -0.2) is 0 Å². The maximum atomic E-state index is 13.2. The molecule has 8 rings (SSSR count). The Bertz CT molecular complexity index is 1890. The average molecular weight is 697 g/mol.